The second-order valence-corrected chi connectivity index (χ2v) is 2.58. The average molecular weight is 154 g/mol. The van der Waals surface area contributed by atoms with Gasteiger partial charge in [0, 0.05) is 5.92 Å². The molecule has 0 rings (SSSR count). The van der Waals surface area contributed by atoms with Gasteiger partial charge in [0.2, 0.25) is 0 Å². The molecule has 0 saturated carbocycles. The molecule has 1 atom stereocenters. The summed E-state index contributed by atoms with van der Waals surface area (Å²) in [5, 5.41) is 0. The van der Waals surface area contributed by atoms with Gasteiger partial charge in [0.15, 0.2) is 0 Å². The van der Waals surface area contributed by atoms with Gasteiger partial charge in [-0.25, -0.2) is 4.79 Å². The molecule has 2 heteroatoms. The molecule has 62 valence electrons. The molecule has 0 heterocycles. The number of ether oxygens (including phenoxy) is 1. The molecular weight excluding hydrogens is 140 g/mol. The second-order valence-electron chi connectivity index (χ2n) is 2.58. The smallest absolute Gasteiger partial charge is 0.384 e. The van der Waals surface area contributed by atoms with Crippen LogP contribution in [0.4, 0.5) is 0 Å². The fraction of sp³-hybridized carbons (Fsp3) is 0.667. The number of carbonyl (C=O) groups is 1. The molecule has 0 amide bonds. The van der Waals surface area contributed by atoms with Crippen molar-refractivity contribution in [2.75, 3.05) is 6.61 Å². The summed E-state index contributed by atoms with van der Waals surface area (Å²) in [6.07, 6.45) is 6.79. The molecule has 0 N–H and O–H groups in total. The molecular formula is C9H14O2. The van der Waals surface area contributed by atoms with Crippen molar-refractivity contribution < 1.29 is 9.53 Å². The number of hydrogen-bond donors (Lipinski definition) is 0. The molecule has 0 aliphatic rings. The Morgan fingerprint density at radius 2 is 2.36 bits per heavy atom. The standard InChI is InChI=1S/C9H14O2/c1-4-8(3)6-7-11-9(10)5-2/h2,8H,4,6-7H2,1,3H3/t8-/m0/s1. The Labute approximate surface area is 67.9 Å². The summed E-state index contributed by atoms with van der Waals surface area (Å²) in [4.78, 5) is 10.4. The molecule has 0 spiro atoms. The van der Waals surface area contributed by atoms with E-state index >= 15 is 0 Å². The van der Waals surface area contributed by atoms with Gasteiger partial charge in [0.1, 0.15) is 0 Å². The SMILES string of the molecule is C#CC(=O)OCC[C@@H](C)CC. The van der Waals surface area contributed by atoms with Crippen molar-refractivity contribution in [1.29, 1.82) is 0 Å². The Morgan fingerprint density at radius 1 is 1.73 bits per heavy atom. The molecule has 0 aromatic carbocycles. The van der Waals surface area contributed by atoms with Crippen LogP contribution < -0.4 is 0 Å². The maximum Gasteiger partial charge on any atom is 0.384 e. The van der Waals surface area contributed by atoms with E-state index in [9.17, 15) is 4.79 Å². The minimum absolute atomic E-state index is 0.443. The summed E-state index contributed by atoms with van der Waals surface area (Å²) >= 11 is 0. The molecule has 2 nitrogen and oxygen atoms in total. The maximum absolute atomic E-state index is 10.4. The van der Waals surface area contributed by atoms with Crippen molar-refractivity contribution in [1.82, 2.24) is 0 Å². The summed E-state index contributed by atoms with van der Waals surface area (Å²) in [5.74, 6) is 1.93. The normalized spacial score (nSPS) is 11.7. The third kappa shape index (κ3) is 5.47. The highest BCUT2D eigenvalue weighted by molar-refractivity contribution is 5.87. The van der Waals surface area contributed by atoms with Gasteiger partial charge in [0.05, 0.1) is 6.61 Å². The van der Waals surface area contributed by atoms with Gasteiger partial charge in [-0.2, -0.15) is 0 Å². The molecule has 0 saturated heterocycles. The lowest BCUT2D eigenvalue weighted by molar-refractivity contribution is -0.137. The van der Waals surface area contributed by atoms with Crippen molar-refractivity contribution in [3.63, 3.8) is 0 Å². The second kappa shape index (κ2) is 5.79. The van der Waals surface area contributed by atoms with Gasteiger partial charge >= 0.3 is 5.97 Å². The summed E-state index contributed by atoms with van der Waals surface area (Å²) in [5.41, 5.74) is 0. The number of hydrogen-bond acceptors (Lipinski definition) is 2. The van der Waals surface area contributed by atoms with Crippen molar-refractivity contribution >= 4 is 5.97 Å². The average Bonchev–Trinajstić information content (AvgIpc) is 2.04. The zero-order valence-corrected chi connectivity index (χ0v) is 7.09. The van der Waals surface area contributed by atoms with Crippen LogP contribution in [0.1, 0.15) is 26.7 Å². The predicted octanol–water partition coefficient (Wildman–Crippen LogP) is 1.60. The highest BCUT2D eigenvalue weighted by Gasteiger charge is 2.00. The summed E-state index contributed by atoms with van der Waals surface area (Å²) < 4.78 is 4.69. The van der Waals surface area contributed by atoms with E-state index < -0.39 is 5.97 Å². The van der Waals surface area contributed by atoms with E-state index in [2.05, 4.69) is 18.6 Å². The van der Waals surface area contributed by atoms with Gasteiger partial charge < -0.3 is 4.74 Å². The van der Waals surface area contributed by atoms with E-state index in [1.54, 1.807) is 0 Å². The molecule has 0 aromatic rings. The number of rotatable bonds is 4. The van der Waals surface area contributed by atoms with E-state index in [-0.39, 0.29) is 0 Å². The van der Waals surface area contributed by atoms with Crippen LogP contribution in [0.15, 0.2) is 0 Å². The molecule has 0 aliphatic carbocycles. The number of terminal acetylenes is 1. The molecule has 0 unspecified atom stereocenters. The van der Waals surface area contributed by atoms with E-state index in [0.29, 0.717) is 12.5 Å². The molecule has 0 aliphatic heterocycles. The third-order valence-electron chi connectivity index (χ3n) is 1.66. The van der Waals surface area contributed by atoms with Crippen LogP contribution in [0.25, 0.3) is 0 Å². The lowest BCUT2D eigenvalue weighted by atomic mass is 10.1. The summed E-state index contributed by atoms with van der Waals surface area (Å²) in [6, 6.07) is 0. The minimum Gasteiger partial charge on any atom is -0.456 e. The van der Waals surface area contributed by atoms with E-state index in [0.717, 1.165) is 12.8 Å². The first-order valence-electron chi connectivity index (χ1n) is 3.84. The van der Waals surface area contributed by atoms with E-state index in [4.69, 9.17) is 6.42 Å². The quantitative estimate of drug-likeness (QED) is 0.349. The first kappa shape index (κ1) is 10.0. The lowest BCUT2D eigenvalue weighted by Gasteiger charge is -2.06. The number of esters is 1. The molecule has 0 fully saturated rings. The largest absolute Gasteiger partial charge is 0.456 e. The maximum atomic E-state index is 10.4. The summed E-state index contributed by atoms with van der Waals surface area (Å²) in [6.45, 7) is 4.66. The van der Waals surface area contributed by atoms with Crippen LogP contribution in [0.2, 0.25) is 0 Å². The summed E-state index contributed by atoms with van der Waals surface area (Å²) in [7, 11) is 0. The van der Waals surface area contributed by atoms with Crippen molar-refractivity contribution in [2.45, 2.75) is 26.7 Å². The third-order valence-corrected chi connectivity index (χ3v) is 1.66. The topological polar surface area (TPSA) is 26.3 Å². The van der Waals surface area contributed by atoms with Crippen molar-refractivity contribution in [3.8, 4) is 12.3 Å². The fourth-order valence-electron chi connectivity index (χ4n) is 0.599. The zero-order chi connectivity index (χ0) is 8.69. The van der Waals surface area contributed by atoms with Crippen molar-refractivity contribution in [2.24, 2.45) is 5.92 Å². The van der Waals surface area contributed by atoms with E-state index in [1.165, 1.54) is 0 Å². The van der Waals surface area contributed by atoms with Crippen molar-refractivity contribution in [3.05, 3.63) is 0 Å². The van der Waals surface area contributed by atoms with Crippen LogP contribution in [0.3, 0.4) is 0 Å². The Morgan fingerprint density at radius 3 is 2.82 bits per heavy atom. The highest BCUT2D eigenvalue weighted by Crippen LogP contribution is 2.05. The Balaban J connectivity index is 3.29. The predicted molar refractivity (Wildman–Crippen MR) is 43.9 cm³/mol. The molecule has 11 heavy (non-hydrogen) atoms. The Bertz CT molecular complexity index is 155. The van der Waals surface area contributed by atoms with Crippen LogP contribution in [-0.4, -0.2) is 12.6 Å². The van der Waals surface area contributed by atoms with Crippen LogP contribution in [0.5, 0.6) is 0 Å². The highest BCUT2D eigenvalue weighted by atomic mass is 16.5. The molecule has 0 bridgehead atoms. The van der Waals surface area contributed by atoms with E-state index in [1.807, 2.05) is 5.92 Å². The van der Waals surface area contributed by atoms with Gasteiger partial charge in [-0.15, -0.1) is 6.42 Å². The first-order chi connectivity index (χ1) is 5.20. The first-order valence-corrected chi connectivity index (χ1v) is 3.84. The van der Waals surface area contributed by atoms with Gasteiger partial charge in [-0.1, -0.05) is 20.3 Å². The lowest BCUT2D eigenvalue weighted by Crippen LogP contribution is -2.05. The van der Waals surface area contributed by atoms with Gasteiger partial charge in [0.25, 0.3) is 0 Å². The van der Waals surface area contributed by atoms with Crippen LogP contribution in [0, 0.1) is 18.3 Å². The van der Waals surface area contributed by atoms with Gasteiger partial charge in [-0.05, 0) is 12.3 Å². The minimum atomic E-state index is -0.562. The van der Waals surface area contributed by atoms with Gasteiger partial charge in [-0.3, -0.25) is 0 Å². The van der Waals surface area contributed by atoms with Crippen LogP contribution >= 0.6 is 0 Å². The number of carbonyl (C=O) groups excluding carboxylic acids is 1. The Hall–Kier alpha value is -0.970. The molecule has 0 radical (unpaired) electrons. The fourth-order valence-corrected chi connectivity index (χ4v) is 0.599. The zero-order valence-electron chi connectivity index (χ0n) is 7.09. The Kier molecular flexibility index (Phi) is 5.28. The molecule has 0 aromatic heterocycles. The van der Waals surface area contributed by atoms with Crippen LogP contribution in [-0.2, 0) is 9.53 Å². The monoisotopic (exact) mass is 154 g/mol.